The Bertz CT molecular complexity index is 944. The lowest BCUT2D eigenvalue weighted by Gasteiger charge is -2.18. The van der Waals surface area contributed by atoms with E-state index in [2.05, 4.69) is 70.6 Å². The lowest BCUT2D eigenvalue weighted by atomic mass is 10.0. The highest BCUT2D eigenvalue weighted by Gasteiger charge is 2.19. The number of aromatic nitrogens is 3. The maximum absolute atomic E-state index is 5.31. The minimum atomic E-state index is 0.128. The number of aliphatic imine (C=N–C) groups is 1. The van der Waals surface area contributed by atoms with E-state index in [4.69, 9.17) is 4.52 Å². The normalized spacial score (nSPS) is 13.0. The van der Waals surface area contributed by atoms with Crippen molar-refractivity contribution in [3.8, 4) is 0 Å². The fourth-order valence-corrected chi connectivity index (χ4v) is 3.49. The summed E-state index contributed by atoms with van der Waals surface area (Å²) in [6, 6.07) is 10.5. The van der Waals surface area contributed by atoms with Gasteiger partial charge in [-0.2, -0.15) is 0 Å². The van der Waals surface area contributed by atoms with Gasteiger partial charge in [-0.1, -0.05) is 35.5 Å². The summed E-state index contributed by atoms with van der Waals surface area (Å²) >= 11 is 0. The molecule has 0 aliphatic carbocycles. The molecular formula is C21H24N4O. The van der Waals surface area contributed by atoms with Crippen LogP contribution in [0.5, 0.6) is 0 Å². The Balaban J connectivity index is 2.15. The maximum Gasteiger partial charge on any atom is 0.177 e. The molecule has 0 aliphatic heterocycles. The summed E-state index contributed by atoms with van der Waals surface area (Å²) in [5.74, 6) is 2.35. The Morgan fingerprint density at radius 1 is 1.23 bits per heavy atom. The lowest BCUT2D eigenvalue weighted by molar-refractivity contribution is 0.393. The van der Waals surface area contributed by atoms with Gasteiger partial charge < -0.3 is 9.09 Å². The lowest BCUT2D eigenvalue weighted by Crippen LogP contribution is -2.10. The third-order valence-corrected chi connectivity index (χ3v) is 4.70. The Morgan fingerprint density at radius 2 is 1.92 bits per heavy atom. The van der Waals surface area contributed by atoms with Crippen LogP contribution in [0, 0.1) is 20.8 Å². The summed E-state index contributed by atoms with van der Waals surface area (Å²) in [7, 11) is 0. The van der Waals surface area contributed by atoms with Crippen LogP contribution < -0.4 is 0 Å². The topological polar surface area (TPSA) is 56.2 Å². The first-order valence-corrected chi connectivity index (χ1v) is 8.66. The number of rotatable bonds is 5. The minimum Gasteiger partial charge on any atom is -0.361 e. The van der Waals surface area contributed by atoms with Gasteiger partial charge in [0.1, 0.15) is 11.6 Å². The molecule has 3 rings (SSSR count). The molecule has 0 fully saturated rings. The molecule has 0 radical (unpaired) electrons. The van der Waals surface area contributed by atoms with Crippen molar-refractivity contribution in [2.24, 2.45) is 4.99 Å². The van der Waals surface area contributed by atoms with Crippen molar-refractivity contribution >= 4 is 24.2 Å². The van der Waals surface area contributed by atoms with Crippen molar-refractivity contribution in [1.29, 1.82) is 0 Å². The van der Waals surface area contributed by atoms with E-state index in [0.717, 1.165) is 34.1 Å². The predicted octanol–water partition coefficient (Wildman–Crippen LogP) is 5.30. The first kappa shape index (κ1) is 17.9. The Morgan fingerprint density at radius 3 is 2.50 bits per heavy atom. The molecule has 134 valence electrons. The quantitative estimate of drug-likeness (QED) is 0.588. The molecule has 3 aromatic rings. The number of hydrogen-bond donors (Lipinski definition) is 0. The molecule has 26 heavy (non-hydrogen) atoms. The summed E-state index contributed by atoms with van der Waals surface area (Å²) in [5.41, 5.74) is 5.12. The van der Waals surface area contributed by atoms with Crippen LogP contribution in [0.4, 0.5) is 5.82 Å². The molecule has 0 amide bonds. The van der Waals surface area contributed by atoms with E-state index in [1.54, 1.807) is 0 Å². The van der Waals surface area contributed by atoms with Gasteiger partial charge in [0.2, 0.25) is 0 Å². The summed E-state index contributed by atoms with van der Waals surface area (Å²) in [4.78, 5) is 8.75. The molecule has 0 spiro atoms. The molecule has 5 heteroatoms. The van der Waals surface area contributed by atoms with E-state index in [1.165, 1.54) is 5.56 Å². The third-order valence-electron chi connectivity index (χ3n) is 4.70. The standard InChI is InChI=1S/C21H24N4O/c1-13(20-14(2)24-26-16(20)4)12-19-21(22-6)23-17(5)25(19)15(3)18-10-8-7-9-11-18/h7-12,15H,6H2,1-5H3/b13-12+. The second-order valence-electron chi connectivity index (χ2n) is 6.51. The third kappa shape index (κ3) is 3.12. The van der Waals surface area contributed by atoms with Gasteiger partial charge in [0.05, 0.1) is 17.4 Å². The first-order chi connectivity index (χ1) is 12.4. The summed E-state index contributed by atoms with van der Waals surface area (Å²) in [6.45, 7) is 13.8. The van der Waals surface area contributed by atoms with E-state index in [9.17, 15) is 0 Å². The van der Waals surface area contributed by atoms with Crippen LogP contribution >= 0.6 is 0 Å². The minimum absolute atomic E-state index is 0.128. The molecule has 0 saturated carbocycles. The van der Waals surface area contributed by atoms with Crippen LogP contribution in [-0.4, -0.2) is 21.4 Å². The van der Waals surface area contributed by atoms with Gasteiger partial charge in [0, 0.05) is 5.56 Å². The van der Waals surface area contributed by atoms with Gasteiger partial charge in [-0.15, -0.1) is 0 Å². The van der Waals surface area contributed by atoms with Gasteiger partial charge in [-0.25, -0.2) is 9.98 Å². The van der Waals surface area contributed by atoms with Crippen LogP contribution in [0.3, 0.4) is 0 Å². The van der Waals surface area contributed by atoms with E-state index in [1.807, 2.05) is 26.8 Å². The SMILES string of the molecule is C=Nc1nc(C)n(C(C)c2ccccc2)c1/C=C(\C)c1c(C)noc1C. The van der Waals surface area contributed by atoms with Crippen molar-refractivity contribution in [2.45, 2.75) is 40.7 Å². The second-order valence-corrected chi connectivity index (χ2v) is 6.51. The zero-order chi connectivity index (χ0) is 18.8. The highest BCUT2D eigenvalue weighted by Crippen LogP contribution is 2.32. The predicted molar refractivity (Wildman–Crippen MR) is 106 cm³/mol. The van der Waals surface area contributed by atoms with Crippen molar-refractivity contribution in [2.75, 3.05) is 0 Å². The largest absolute Gasteiger partial charge is 0.361 e. The van der Waals surface area contributed by atoms with Crippen LogP contribution in [-0.2, 0) is 0 Å². The van der Waals surface area contributed by atoms with Gasteiger partial charge >= 0.3 is 0 Å². The fourth-order valence-electron chi connectivity index (χ4n) is 3.49. The number of aryl methyl sites for hydroxylation is 3. The van der Waals surface area contributed by atoms with Gasteiger partial charge in [-0.05, 0) is 58.5 Å². The molecule has 0 aliphatic rings. The summed E-state index contributed by atoms with van der Waals surface area (Å²) in [6.07, 6.45) is 2.09. The zero-order valence-electron chi connectivity index (χ0n) is 15.9. The molecule has 1 aromatic carbocycles. The number of allylic oxidation sites excluding steroid dienone is 1. The van der Waals surface area contributed by atoms with Crippen LogP contribution in [0.25, 0.3) is 11.6 Å². The molecule has 2 aromatic heterocycles. The molecule has 1 unspecified atom stereocenters. The van der Waals surface area contributed by atoms with Crippen LogP contribution in [0.2, 0.25) is 0 Å². The van der Waals surface area contributed by atoms with Gasteiger partial charge in [0.25, 0.3) is 0 Å². The van der Waals surface area contributed by atoms with E-state index in [0.29, 0.717) is 5.82 Å². The smallest absolute Gasteiger partial charge is 0.177 e. The molecule has 0 saturated heterocycles. The molecular weight excluding hydrogens is 324 g/mol. The van der Waals surface area contributed by atoms with E-state index >= 15 is 0 Å². The van der Waals surface area contributed by atoms with E-state index < -0.39 is 0 Å². The highest BCUT2D eigenvalue weighted by atomic mass is 16.5. The van der Waals surface area contributed by atoms with Gasteiger partial charge in [-0.3, -0.25) is 0 Å². The van der Waals surface area contributed by atoms with E-state index in [-0.39, 0.29) is 6.04 Å². The van der Waals surface area contributed by atoms with Crippen LogP contribution in [0.1, 0.15) is 54.0 Å². The number of imidazole rings is 1. The monoisotopic (exact) mass is 348 g/mol. The number of nitrogens with zero attached hydrogens (tertiary/aromatic N) is 4. The van der Waals surface area contributed by atoms with Crippen molar-refractivity contribution < 1.29 is 4.52 Å². The first-order valence-electron chi connectivity index (χ1n) is 8.66. The average molecular weight is 348 g/mol. The number of benzene rings is 1. The number of hydrogen-bond acceptors (Lipinski definition) is 4. The molecule has 1 atom stereocenters. The maximum atomic E-state index is 5.31. The Labute approximate surface area is 154 Å². The highest BCUT2D eigenvalue weighted by molar-refractivity contribution is 5.83. The summed E-state index contributed by atoms with van der Waals surface area (Å²) in [5, 5.41) is 4.06. The van der Waals surface area contributed by atoms with Crippen molar-refractivity contribution in [3.05, 3.63) is 64.4 Å². The van der Waals surface area contributed by atoms with Gasteiger partial charge in [0.15, 0.2) is 5.82 Å². The fraction of sp³-hybridized carbons (Fsp3) is 0.286. The van der Waals surface area contributed by atoms with Crippen molar-refractivity contribution in [1.82, 2.24) is 14.7 Å². The molecule has 0 N–H and O–H groups in total. The second kappa shape index (κ2) is 7.12. The summed E-state index contributed by atoms with van der Waals surface area (Å²) < 4.78 is 7.51. The molecule has 5 nitrogen and oxygen atoms in total. The van der Waals surface area contributed by atoms with Crippen LogP contribution in [0.15, 0.2) is 39.8 Å². The molecule has 2 heterocycles. The molecule has 0 bridgehead atoms. The Hall–Kier alpha value is -2.95. The zero-order valence-corrected chi connectivity index (χ0v) is 15.9. The van der Waals surface area contributed by atoms with Crippen molar-refractivity contribution in [3.63, 3.8) is 0 Å². The average Bonchev–Trinajstić information content (AvgIpc) is 3.13. The Kier molecular flexibility index (Phi) is 4.89.